The fourth-order valence-corrected chi connectivity index (χ4v) is 1.96. The van der Waals surface area contributed by atoms with E-state index in [9.17, 15) is 0 Å². The van der Waals surface area contributed by atoms with Crippen LogP contribution in [-0.4, -0.2) is 14.3 Å². The van der Waals surface area contributed by atoms with Crippen molar-refractivity contribution in [3.8, 4) is 0 Å². The van der Waals surface area contributed by atoms with Crippen LogP contribution in [0.5, 0.6) is 0 Å². The maximum Gasteiger partial charge on any atom is 0.377 e. The third-order valence-electron chi connectivity index (χ3n) is 0.686. The molecule has 0 aromatic rings. The average Bonchev–Trinajstić information content (AvgIpc) is 1.35. The van der Waals surface area contributed by atoms with Gasteiger partial charge < -0.3 is 0 Å². The summed E-state index contributed by atoms with van der Waals surface area (Å²) >= 11 is -0.161. The zero-order chi connectivity index (χ0) is 4.99. The van der Waals surface area contributed by atoms with Gasteiger partial charge in [0, 0.05) is 0 Å². The lowest BCUT2D eigenvalue weighted by atomic mass is 10.3. The van der Waals surface area contributed by atoms with Crippen molar-refractivity contribution < 1.29 is 0 Å². The van der Waals surface area contributed by atoms with E-state index >= 15 is 0 Å². The maximum atomic E-state index is 5.54. The maximum absolute atomic E-state index is 5.54. The van der Waals surface area contributed by atoms with Gasteiger partial charge in [0.2, 0.25) is 0 Å². The van der Waals surface area contributed by atoms with E-state index in [4.69, 9.17) is 10.0 Å². The van der Waals surface area contributed by atoms with Gasteiger partial charge in [-0.05, 0) is 0 Å². The van der Waals surface area contributed by atoms with E-state index in [0.29, 0.717) is 0 Å². The van der Waals surface area contributed by atoms with Crippen molar-refractivity contribution in [2.24, 2.45) is 5.92 Å². The zero-order valence-corrected chi connectivity index (χ0v) is 6.54. The summed E-state index contributed by atoms with van der Waals surface area (Å²) in [6, 6.07) is 0. The molecule has 36 valence electrons. The minimum absolute atomic E-state index is 0.161. The first-order chi connectivity index (χ1) is 2.77. The third-order valence-corrected chi connectivity index (χ3v) is 2.71. The van der Waals surface area contributed by atoms with E-state index in [2.05, 4.69) is 13.8 Å². The van der Waals surface area contributed by atoms with Crippen molar-refractivity contribution in [2.45, 2.75) is 19.1 Å². The van der Waals surface area contributed by atoms with Crippen molar-refractivity contribution >= 4 is 24.3 Å². The molecule has 0 aliphatic rings. The number of hydrogen-bond acceptors (Lipinski definition) is 0. The minimum Gasteiger partial charge on any atom is -0.267 e. The molecule has 0 amide bonds. The Hall–Kier alpha value is 0.822. The molecule has 6 heavy (non-hydrogen) atoms. The first-order valence-electron chi connectivity index (χ1n) is 2.33. The highest BCUT2D eigenvalue weighted by atomic mass is 35.6. The summed E-state index contributed by atoms with van der Waals surface area (Å²) in [7, 11) is 5.54. The highest BCUT2D eigenvalue weighted by Gasteiger charge is 1.91. The van der Waals surface area contributed by atoms with Gasteiger partial charge in [-0.1, -0.05) is 25.0 Å². The van der Waals surface area contributed by atoms with Gasteiger partial charge in [-0.25, -0.2) is 0 Å². The summed E-state index contributed by atoms with van der Waals surface area (Å²) in [5.74, 6) is 0.828. The van der Waals surface area contributed by atoms with Crippen LogP contribution in [0.4, 0.5) is 0 Å². The number of halogens is 1. The first kappa shape index (κ1) is 6.82. The SMILES string of the molecule is CC(C)[CH2][AlH][Cl]. The summed E-state index contributed by atoms with van der Waals surface area (Å²) in [5, 5.41) is 1.28. The Morgan fingerprint density at radius 1 is 1.67 bits per heavy atom. The van der Waals surface area contributed by atoms with E-state index in [1.807, 2.05) is 0 Å². The van der Waals surface area contributed by atoms with Gasteiger partial charge in [-0.3, -0.25) is 10.0 Å². The molecule has 0 unspecified atom stereocenters. The quantitative estimate of drug-likeness (QED) is 0.486. The molecule has 0 N–H and O–H groups in total. The number of rotatable bonds is 2. The summed E-state index contributed by atoms with van der Waals surface area (Å²) in [5.41, 5.74) is 0. The smallest absolute Gasteiger partial charge is 0.267 e. The second kappa shape index (κ2) is 3.99. The Balaban J connectivity index is 2.63. The van der Waals surface area contributed by atoms with E-state index in [1.165, 1.54) is 5.28 Å². The van der Waals surface area contributed by atoms with Gasteiger partial charge in [-0.2, -0.15) is 0 Å². The molecule has 0 aliphatic carbocycles. The van der Waals surface area contributed by atoms with Gasteiger partial charge in [0.25, 0.3) is 0 Å². The third kappa shape index (κ3) is 4.82. The van der Waals surface area contributed by atoms with Crippen LogP contribution in [0.2, 0.25) is 5.28 Å². The van der Waals surface area contributed by atoms with Crippen LogP contribution in [-0.2, 0) is 0 Å². The largest absolute Gasteiger partial charge is 0.377 e. The lowest BCUT2D eigenvalue weighted by Gasteiger charge is -1.93. The molecule has 0 fully saturated rings. The van der Waals surface area contributed by atoms with Gasteiger partial charge >= 0.3 is 14.3 Å². The molecule has 0 spiro atoms. The van der Waals surface area contributed by atoms with E-state index in [-0.39, 0.29) is 14.3 Å². The molecule has 0 heterocycles. The molecule has 0 saturated heterocycles. The Morgan fingerprint density at radius 3 is 2.17 bits per heavy atom. The Morgan fingerprint density at radius 2 is 2.17 bits per heavy atom. The predicted octanol–water partition coefficient (Wildman–Crippen LogP) is 1.65. The molecule has 0 rings (SSSR count). The Kier molecular flexibility index (Phi) is 4.54. The van der Waals surface area contributed by atoms with Crippen LogP contribution >= 0.6 is 10.0 Å². The monoisotopic (exact) mass is 120 g/mol. The standard InChI is InChI=1S/C4H9.Al.ClH.H/c1-4(2)3;;;/h4H,1H2,2-3H3;;1H;/q;+1;;/p-1. The molecule has 0 aliphatic heterocycles. The molecule has 0 nitrogen and oxygen atoms in total. The summed E-state index contributed by atoms with van der Waals surface area (Å²) < 4.78 is 0. The average molecular weight is 121 g/mol. The molecule has 0 aromatic heterocycles. The number of hydrogen-bond donors (Lipinski definition) is 0. The van der Waals surface area contributed by atoms with Gasteiger partial charge in [-0.15, -0.1) is 0 Å². The van der Waals surface area contributed by atoms with Gasteiger partial charge in [0.15, 0.2) is 0 Å². The van der Waals surface area contributed by atoms with Crippen molar-refractivity contribution in [1.82, 2.24) is 0 Å². The Bertz CT molecular complexity index is 28.7. The zero-order valence-electron chi connectivity index (χ0n) is 4.37. The van der Waals surface area contributed by atoms with Crippen LogP contribution in [0.25, 0.3) is 0 Å². The van der Waals surface area contributed by atoms with Crippen molar-refractivity contribution in [2.75, 3.05) is 0 Å². The topological polar surface area (TPSA) is 0 Å². The molecule has 0 radical (unpaired) electrons. The molecular formula is C4H10AlCl. The highest BCUT2D eigenvalue weighted by molar-refractivity contribution is 6.93. The fourth-order valence-electron chi connectivity index (χ4n) is 0.218. The normalized spacial score (nSPS) is 9.33. The summed E-state index contributed by atoms with van der Waals surface area (Å²) in [4.78, 5) is 0. The van der Waals surface area contributed by atoms with E-state index < -0.39 is 0 Å². The molecule has 0 bridgehead atoms. The van der Waals surface area contributed by atoms with Crippen molar-refractivity contribution in [1.29, 1.82) is 0 Å². The summed E-state index contributed by atoms with van der Waals surface area (Å²) in [6.07, 6.45) is 0. The fraction of sp³-hybridized carbons (Fsp3) is 1.00. The first-order valence-corrected chi connectivity index (χ1v) is 5.47. The minimum atomic E-state index is -0.161. The van der Waals surface area contributed by atoms with E-state index in [0.717, 1.165) is 5.92 Å². The molecular weight excluding hydrogens is 110 g/mol. The lowest BCUT2D eigenvalue weighted by Crippen LogP contribution is -1.86. The van der Waals surface area contributed by atoms with E-state index in [1.54, 1.807) is 0 Å². The lowest BCUT2D eigenvalue weighted by molar-refractivity contribution is 0.734. The van der Waals surface area contributed by atoms with Crippen LogP contribution < -0.4 is 0 Å². The second-order valence-electron chi connectivity index (χ2n) is 1.87. The summed E-state index contributed by atoms with van der Waals surface area (Å²) in [6.45, 7) is 4.41. The Labute approximate surface area is 49.8 Å². The van der Waals surface area contributed by atoms with Crippen LogP contribution in [0.3, 0.4) is 0 Å². The van der Waals surface area contributed by atoms with Crippen LogP contribution in [0, 0.1) is 5.92 Å². The van der Waals surface area contributed by atoms with Crippen molar-refractivity contribution in [3.05, 3.63) is 0 Å². The highest BCUT2D eigenvalue weighted by Crippen LogP contribution is 1.98. The van der Waals surface area contributed by atoms with Gasteiger partial charge in [0.1, 0.15) is 0 Å². The molecule has 0 aromatic carbocycles. The molecule has 2 heteroatoms. The molecule has 0 saturated carbocycles. The van der Waals surface area contributed by atoms with Gasteiger partial charge in [0.05, 0.1) is 0 Å². The molecule has 0 atom stereocenters. The van der Waals surface area contributed by atoms with Crippen molar-refractivity contribution in [3.63, 3.8) is 0 Å². The second-order valence-corrected chi connectivity index (χ2v) is 3.96. The van der Waals surface area contributed by atoms with Crippen LogP contribution in [0.1, 0.15) is 13.8 Å². The van der Waals surface area contributed by atoms with Crippen LogP contribution in [0.15, 0.2) is 0 Å². The predicted molar refractivity (Wildman–Crippen MR) is 32.6 cm³/mol.